The number of rotatable bonds is 11. The molecule has 1 aliphatic heterocycles. The van der Waals surface area contributed by atoms with Crippen LogP contribution in [0, 0.1) is 6.92 Å². The Morgan fingerprint density at radius 2 is 1.33 bits per heavy atom. The van der Waals surface area contributed by atoms with E-state index in [1.54, 1.807) is 48.4 Å². The van der Waals surface area contributed by atoms with Crippen molar-refractivity contribution in [1.29, 1.82) is 0 Å². The van der Waals surface area contributed by atoms with Gasteiger partial charge in [0.25, 0.3) is 15.9 Å². The lowest BCUT2D eigenvalue weighted by Crippen LogP contribution is -2.49. The van der Waals surface area contributed by atoms with Crippen molar-refractivity contribution in [3.8, 4) is 11.5 Å². The molecular formula is C42H37N3O5S. The molecule has 0 saturated carbocycles. The van der Waals surface area contributed by atoms with Gasteiger partial charge in [0.15, 0.2) is 0 Å². The minimum Gasteiger partial charge on any atom is -0.497 e. The lowest BCUT2D eigenvalue weighted by atomic mass is 9.98. The number of anilines is 3. The van der Waals surface area contributed by atoms with Crippen molar-refractivity contribution in [3.63, 3.8) is 0 Å². The summed E-state index contributed by atoms with van der Waals surface area (Å²) in [5.74, 6) is 1.01. The zero-order valence-electron chi connectivity index (χ0n) is 28.3. The lowest BCUT2D eigenvalue weighted by Gasteiger charge is -2.46. The fourth-order valence-corrected chi connectivity index (χ4v) is 7.30. The van der Waals surface area contributed by atoms with Gasteiger partial charge in [0.1, 0.15) is 24.3 Å². The van der Waals surface area contributed by atoms with Gasteiger partial charge in [0, 0.05) is 17.9 Å². The Morgan fingerprint density at radius 1 is 0.706 bits per heavy atom. The number of carbonyl (C=O) groups is 1. The normalized spacial score (nSPS) is 14.2. The van der Waals surface area contributed by atoms with Gasteiger partial charge in [0.2, 0.25) is 0 Å². The van der Waals surface area contributed by atoms with Crippen molar-refractivity contribution in [2.75, 3.05) is 21.6 Å². The predicted octanol–water partition coefficient (Wildman–Crippen LogP) is 8.75. The molecule has 0 unspecified atom stereocenters. The largest absolute Gasteiger partial charge is 0.497 e. The zero-order valence-corrected chi connectivity index (χ0v) is 29.1. The number of carbonyl (C=O) groups excluding carboxylic acids is 1. The van der Waals surface area contributed by atoms with Crippen LogP contribution in [0.2, 0.25) is 0 Å². The molecule has 8 nitrogen and oxygen atoms in total. The van der Waals surface area contributed by atoms with Crippen LogP contribution >= 0.6 is 0 Å². The Kier molecular flexibility index (Phi) is 9.46. The number of hydrogen-bond acceptors (Lipinski definition) is 6. The third-order valence-corrected chi connectivity index (χ3v) is 10.2. The topological polar surface area (TPSA) is 88.2 Å². The molecule has 0 aliphatic carbocycles. The van der Waals surface area contributed by atoms with E-state index in [4.69, 9.17) is 9.47 Å². The third kappa shape index (κ3) is 7.29. The number of hydrogen-bond donors (Lipinski definition) is 1. The molecule has 0 aromatic heterocycles. The minimum absolute atomic E-state index is 0.0210. The van der Waals surface area contributed by atoms with Crippen molar-refractivity contribution < 1.29 is 22.7 Å². The zero-order chi connectivity index (χ0) is 35.4. The first kappa shape index (κ1) is 33.4. The summed E-state index contributed by atoms with van der Waals surface area (Å²) in [6.45, 7) is 2.89. The molecule has 1 heterocycles. The monoisotopic (exact) mass is 695 g/mol. The molecule has 1 atom stereocenters. The lowest BCUT2D eigenvalue weighted by molar-refractivity contribution is 0.0968. The minimum atomic E-state index is -4.04. The third-order valence-electron chi connectivity index (χ3n) is 8.85. The van der Waals surface area contributed by atoms with Crippen molar-refractivity contribution in [2.24, 2.45) is 0 Å². The summed E-state index contributed by atoms with van der Waals surface area (Å²) in [7, 11) is -2.50. The molecule has 1 amide bonds. The molecule has 0 saturated heterocycles. The number of nitrogens with one attached hydrogen (secondary N) is 1. The predicted molar refractivity (Wildman–Crippen MR) is 201 cm³/mol. The molecule has 1 N–H and O–H groups in total. The van der Waals surface area contributed by atoms with Crippen LogP contribution in [-0.2, 0) is 23.2 Å². The Morgan fingerprint density at radius 3 is 1.98 bits per heavy atom. The van der Waals surface area contributed by atoms with Gasteiger partial charge in [0.05, 0.1) is 23.3 Å². The van der Waals surface area contributed by atoms with Crippen LogP contribution in [0.4, 0.5) is 17.1 Å². The maximum absolute atomic E-state index is 14.8. The average Bonchev–Trinajstić information content (AvgIpc) is 3.16. The van der Waals surface area contributed by atoms with Crippen molar-refractivity contribution >= 4 is 33.0 Å². The van der Waals surface area contributed by atoms with Crippen molar-refractivity contribution in [2.45, 2.75) is 31.1 Å². The number of methoxy groups -OCH3 is 1. The number of benzene rings is 6. The molecule has 0 bridgehead atoms. The first-order valence-corrected chi connectivity index (χ1v) is 18.1. The van der Waals surface area contributed by atoms with Crippen LogP contribution in [0.3, 0.4) is 0 Å². The number of fused-ring (bicyclic) bond motifs is 1. The van der Waals surface area contributed by atoms with Crippen LogP contribution in [0.1, 0.15) is 38.8 Å². The van der Waals surface area contributed by atoms with Gasteiger partial charge in [-0.2, -0.15) is 0 Å². The maximum Gasteiger partial charge on any atom is 0.262 e. The number of ether oxygens (including phenoxy) is 2. The summed E-state index contributed by atoms with van der Waals surface area (Å²) in [5.41, 5.74) is 6.00. The standard InChI is InChI=1S/C42H37N3O5S/c1-30-13-19-35(20-14-30)45-41(33-15-21-37(22-16-33)50-29-32-11-7-4-8-12-32)44(28-31-9-5-3-6-10-31)40-26-25-38(27-39(40)42(45)46)51(47,48)43-34-17-23-36(49-2)24-18-34/h3-27,41,43H,28-29H2,1-2H3/t41-/m0/s1. The van der Waals surface area contributed by atoms with Gasteiger partial charge < -0.3 is 14.4 Å². The Hall–Kier alpha value is -6.06. The number of amides is 1. The highest BCUT2D eigenvalue weighted by molar-refractivity contribution is 7.92. The summed E-state index contributed by atoms with van der Waals surface area (Å²) in [6, 6.07) is 47.0. The molecule has 7 rings (SSSR count). The van der Waals surface area contributed by atoms with Crippen LogP contribution in [-0.4, -0.2) is 21.4 Å². The average molecular weight is 696 g/mol. The molecule has 0 fully saturated rings. The highest BCUT2D eigenvalue weighted by atomic mass is 32.2. The molecule has 0 radical (unpaired) electrons. The quantitative estimate of drug-likeness (QED) is 0.146. The highest BCUT2D eigenvalue weighted by Gasteiger charge is 2.40. The van der Waals surface area contributed by atoms with Crippen molar-refractivity contribution in [1.82, 2.24) is 0 Å². The Bertz CT molecular complexity index is 2230. The first-order chi connectivity index (χ1) is 24.8. The van der Waals surface area contributed by atoms with Gasteiger partial charge >= 0.3 is 0 Å². The summed E-state index contributed by atoms with van der Waals surface area (Å²) < 4.78 is 41.3. The van der Waals surface area contributed by atoms with Crippen LogP contribution < -0.4 is 24.0 Å². The molecule has 256 valence electrons. The van der Waals surface area contributed by atoms with Crippen LogP contribution in [0.5, 0.6) is 11.5 Å². The summed E-state index contributed by atoms with van der Waals surface area (Å²) in [5, 5.41) is 0. The maximum atomic E-state index is 14.8. The molecule has 1 aliphatic rings. The van der Waals surface area contributed by atoms with E-state index in [1.165, 1.54) is 6.07 Å². The van der Waals surface area contributed by atoms with Gasteiger partial charge in [-0.05, 0) is 90.3 Å². The van der Waals surface area contributed by atoms with Gasteiger partial charge in [-0.3, -0.25) is 14.4 Å². The number of sulfonamides is 1. The highest BCUT2D eigenvalue weighted by Crippen LogP contribution is 2.43. The van der Waals surface area contributed by atoms with E-state index in [0.717, 1.165) is 22.3 Å². The fourth-order valence-electron chi connectivity index (χ4n) is 6.21. The number of nitrogens with zero attached hydrogens (tertiary/aromatic N) is 2. The van der Waals surface area contributed by atoms with Crippen LogP contribution in [0.25, 0.3) is 0 Å². The molecule has 6 aromatic carbocycles. The second-order valence-electron chi connectivity index (χ2n) is 12.4. The molecule has 6 aromatic rings. The van der Waals surface area contributed by atoms with Crippen LogP contribution in [0.15, 0.2) is 157 Å². The smallest absolute Gasteiger partial charge is 0.262 e. The Balaban J connectivity index is 1.31. The SMILES string of the molecule is COc1ccc(NS(=O)(=O)c2ccc3c(c2)C(=O)N(c2ccc(C)cc2)[C@@H](c2ccc(OCc4ccccc4)cc2)N3Cc2ccccc2)cc1. The van der Waals surface area contributed by atoms with E-state index in [1.807, 2.05) is 116 Å². The van der Waals surface area contributed by atoms with Gasteiger partial charge in [-0.15, -0.1) is 0 Å². The van der Waals surface area contributed by atoms with E-state index in [9.17, 15) is 13.2 Å². The Labute approximate surface area is 298 Å². The molecular weight excluding hydrogens is 659 g/mol. The molecule has 9 heteroatoms. The number of aryl methyl sites for hydroxylation is 1. The van der Waals surface area contributed by atoms with Gasteiger partial charge in [-0.1, -0.05) is 90.5 Å². The summed E-state index contributed by atoms with van der Waals surface area (Å²) >= 11 is 0. The fraction of sp³-hybridized carbons (Fsp3) is 0.119. The van der Waals surface area contributed by atoms with E-state index in [2.05, 4.69) is 9.62 Å². The van der Waals surface area contributed by atoms with Gasteiger partial charge in [-0.25, -0.2) is 8.42 Å². The van der Waals surface area contributed by atoms with E-state index in [0.29, 0.717) is 41.7 Å². The second-order valence-corrected chi connectivity index (χ2v) is 14.0. The summed E-state index contributed by atoms with van der Waals surface area (Å²) in [6.07, 6.45) is -0.559. The molecule has 51 heavy (non-hydrogen) atoms. The second kappa shape index (κ2) is 14.4. The molecule has 0 spiro atoms. The van der Waals surface area contributed by atoms with E-state index in [-0.39, 0.29) is 16.4 Å². The first-order valence-electron chi connectivity index (χ1n) is 16.6. The van der Waals surface area contributed by atoms with E-state index >= 15 is 0 Å². The van der Waals surface area contributed by atoms with Crippen molar-refractivity contribution in [3.05, 3.63) is 179 Å². The van der Waals surface area contributed by atoms with E-state index < -0.39 is 16.2 Å². The summed E-state index contributed by atoms with van der Waals surface area (Å²) in [4.78, 5) is 18.6.